The number of anilines is 2. The lowest BCUT2D eigenvalue weighted by Gasteiger charge is -2.31. The Balaban J connectivity index is 1.26. The van der Waals surface area contributed by atoms with E-state index in [1.165, 1.54) is 6.07 Å². The number of nitrogens with zero attached hydrogens (tertiary/aromatic N) is 3. The lowest BCUT2D eigenvalue weighted by molar-refractivity contribution is -0.137. The van der Waals surface area contributed by atoms with Crippen LogP contribution in [-0.4, -0.2) is 48.2 Å². The molecule has 0 bridgehead atoms. The molecule has 0 atom stereocenters. The number of carbonyl (C=O) groups excluding carboxylic acids is 1. The first-order chi connectivity index (χ1) is 17.4. The number of fused-ring (bicyclic) bond motifs is 1. The van der Waals surface area contributed by atoms with Gasteiger partial charge in [0.05, 0.1) is 35.9 Å². The fraction of sp³-hybridized carbons (Fsp3) is 0.240. The molecule has 3 aromatic carbocycles. The quantitative estimate of drug-likeness (QED) is 0.342. The Kier molecular flexibility index (Phi) is 6.84. The predicted molar refractivity (Wildman–Crippen MR) is 131 cm³/mol. The third-order valence-corrected chi connectivity index (χ3v) is 6.50. The van der Waals surface area contributed by atoms with Gasteiger partial charge in [-0.15, -0.1) is 10.2 Å². The van der Waals surface area contributed by atoms with Crippen LogP contribution in [0, 0.1) is 0 Å². The topological polar surface area (TPSA) is 80.5 Å². The highest BCUT2D eigenvalue weighted by Crippen LogP contribution is 2.36. The minimum Gasteiger partial charge on any atom is -0.411 e. The van der Waals surface area contributed by atoms with Gasteiger partial charge in [-0.2, -0.15) is 13.2 Å². The average molecular weight is 515 g/mol. The third kappa shape index (κ3) is 5.47. The molecule has 36 heavy (non-hydrogen) atoms. The van der Waals surface area contributed by atoms with E-state index >= 15 is 0 Å². The summed E-state index contributed by atoms with van der Waals surface area (Å²) in [5.41, 5.74) is 0.599. The van der Waals surface area contributed by atoms with Gasteiger partial charge in [0.15, 0.2) is 0 Å². The molecule has 0 spiro atoms. The number of hydrogen-bond donors (Lipinski definition) is 1. The van der Waals surface area contributed by atoms with E-state index < -0.39 is 17.6 Å². The van der Waals surface area contributed by atoms with Gasteiger partial charge >= 0.3 is 6.18 Å². The molecule has 0 unspecified atom stereocenters. The van der Waals surface area contributed by atoms with E-state index in [9.17, 15) is 18.0 Å². The van der Waals surface area contributed by atoms with E-state index in [-0.39, 0.29) is 11.0 Å². The molecule has 5 rings (SSSR count). The van der Waals surface area contributed by atoms with Crippen molar-refractivity contribution in [2.45, 2.75) is 11.4 Å². The van der Waals surface area contributed by atoms with Crippen LogP contribution in [0.15, 0.2) is 70.3 Å². The van der Waals surface area contributed by atoms with Crippen LogP contribution in [0.1, 0.15) is 5.56 Å². The van der Waals surface area contributed by atoms with Gasteiger partial charge < -0.3 is 19.4 Å². The Labute approximate surface area is 208 Å². The van der Waals surface area contributed by atoms with Gasteiger partial charge in [0.2, 0.25) is 11.8 Å². The molecule has 2 heterocycles. The molecule has 1 amide bonds. The smallest absolute Gasteiger partial charge is 0.411 e. The molecule has 0 radical (unpaired) electrons. The fourth-order valence-electron chi connectivity index (χ4n) is 3.90. The van der Waals surface area contributed by atoms with Crippen LogP contribution in [0.4, 0.5) is 24.5 Å². The number of hydrogen-bond acceptors (Lipinski definition) is 7. The zero-order chi connectivity index (χ0) is 25.1. The van der Waals surface area contributed by atoms with Crippen LogP contribution in [0.25, 0.3) is 22.2 Å². The molecular weight excluding hydrogens is 493 g/mol. The predicted octanol–water partition coefficient (Wildman–Crippen LogP) is 5.48. The Hall–Kier alpha value is -3.57. The van der Waals surface area contributed by atoms with Gasteiger partial charge in [-0.25, -0.2) is 0 Å². The van der Waals surface area contributed by atoms with Gasteiger partial charge in [-0.3, -0.25) is 4.79 Å². The number of aromatic nitrogens is 2. The summed E-state index contributed by atoms with van der Waals surface area (Å²) in [6.45, 7) is 1.66. The Morgan fingerprint density at radius 2 is 1.78 bits per heavy atom. The zero-order valence-corrected chi connectivity index (χ0v) is 19.7. The lowest BCUT2D eigenvalue weighted by atomic mass is 10.1. The molecule has 1 N–H and O–H groups in total. The van der Waals surface area contributed by atoms with Crippen molar-refractivity contribution in [3.8, 4) is 11.5 Å². The van der Waals surface area contributed by atoms with Crippen LogP contribution in [0.3, 0.4) is 0 Å². The third-order valence-electron chi connectivity index (χ3n) is 5.68. The highest BCUT2D eigenvalue weighted by Gasteiger charge is 2.32. The van der Waals surface area contributed by atoms with Crippen molar-refractivity contribution < 1.29 is 27.1 Å². The monoisotopic (exact) mass is 514 g/mol. The number of thioether (sulfide) groups is 1. The summed E-state index contributed by atoms with van der Waals surface area (Å²) in [5.74, 6) is -0.121. The number of morpholine rings is 1. The minimum absolute atomic E-state index is 0.0527. The number of ether oxygens (including phenoxy) is 1. The second-order valence-corrected chi connectivity index (χ2v) is 9.03. The van der Waals surface area contributed by atoms with E-state index in [4.69, 9.17) is 9.15 Å². The van der Waals surface area contributed by atoms with Crippen LogP contribution in [0.2, 0.25) is 0 Å². The summed E-state index contributed by atoms with van der Waals surface area (Å²) in [6, 6.07) is 17.0. The zero-order valence-electron chi connectivity index (χ0n) is 18.9. The van der Waals surface area contributed by atoms with Crippen molar-refractivity contribution in [2.24, 2.45) is 0 Å². The normalized spacial score (nSPS) is 14.2. The van der Waals surface area contributed by atoms with E-state index in [0.717, 1.165) is 40.2 Å². The number of halogens is 3. The Morgan fingerprint density at radius 1 is 1.00 bits per heavy atom. The number of rotatable bonds is 6. The second-order valence-electron chi connectivity index (χ2n) is 8.10. The lowest BCUT2D eigenvalue weighted by Crippen LogP contribution is -2.37. The maximum Gasteiger partial charge on any atom is 0.416 e. The number of alkyl halides is 3. The van der Waals surface area contributed by atoms with Crippen LogP contribution < -0.4 is 10.2 Å². The minimum atomic E-state index is -4.49. The average Bonchev–Trinajstić information content (AvgIpc) is 3.36. The first-order valence-electron chi connectivity index (χ1n) is 11.2. The largest absolute Gasteiger partial charge is 0.416 e. The molecule has 1 saturated heterocycles. The van der Waals surface area contributed by atoms with Crippen LogP contribution >= 0.6 is 11.8 Å². The van der Waals surface area contributed by atoms with Gasteiger partial charge in [-0.1, -0.05) is 42.1 Å². The molecule has 1 aliphatic rings. The standard InChI is InChI=1S/C25H21F3N4O3S/c26-25(27,28)19-7-8-20(21(14-19)32-9-11-34-12-10-32)29-22(33)15-36-24-31-30-23(35-24)18-6-5-16-3-1-2-4-17(16)13-18/h1-8,13-14H,9-12,15H2,(H,29,33). The molecule has 7 nitrogen and oxygen atoms in total. The molecule has 186 valence electrons. The van der Waals surface area contributed by atoms with Gasteiger partial charge in [-0.05, 0) is 41.1 Å². The van der Waals surface area contributed by atoms with Crippen molar-refractivity contribution in [3.05, 3.63) is 66.2 Å². The van der Waals surface area contributed by atoms with Crippen LogP contribution in [0.5, 0.6) is 0 Å². The van der Waals surface area contributed by atoms with Crippen molar-refractivity contribution in [3.63, 3.8) is 0 Å². The summed E-state index contributed by atoms with van der Waals surface area (Å²) in [5, 5.41) is 13.1. The second kappa shape index (κ2) is 10.2. The van der Waals surface area contributed by atoms with E-state index in [0.29, 0.717) is 43.6 Å². The van der Waals surface area contributed by atoms with E-state index in [1.54, 1.807) is 4.90 Å². The molecular formula is C25H21F3N4O3S. The maximum atomic E-state index is 13.3. The SMILES string of the molecule is O=C(CSc1nnc(-c2ccc3ccccc3c2)o1)Nc1ccc(C(F)(F)F)cc1N1CCOCC1. The first-order valence-corrected chi connectivity index (χ1v) is 12.1. The summed E-state index contributed by atoms with van der Waals surface area (Å²) in [6.07, 6.45) is -4.49. The van der Waals surface area contributed by atoms with Crippen LogP contribution in [-0.2, 0) is 15.7 Å². The van der Waals surface area contributed by atoms with Gasteiger partial charge in [0, 0.05) is 18.7 Å². The summed E-state index contributed by atoms with van der Waals surface area (Å²) in [4.78, 5) is 14.4. The number of nitrogens with one attached hydrogen (secondary N) is 1. The van der Waals surface area contributed by atoms with E-state index in [2.05, 4.69) is 15.5 Å². The van der Waals surface area contributed by atoms with Gasteiger partial charge in [0.25, 0.3) is 5.22 Å². The first kappa shape index (κ1) is 24.1. The van der Waals surface area contributed by atoms with Crippen molar-refractivity contribution in [2.75, 3.05) is 42.3 Å². The molecule has 4 aromatic rings. The van der Waals surface area contributed by atoms with E-state index in [1.807, 2.05) is 42.5 Å². The molecule has 11 heteroatoms. The van der Waals surface area contributed by atoms with Crippen molar-refractivity contribution >= 4 is 39.8 Å². The van der Waals surface area contributed by atoms with Crippen molar-refractivity contribution in [1.82, 2.24) is 10.2 Å². The molecule has 0 saturated carbocycles. The Bertz CT molecular complexity index is 1390. The fourth-order valence-corrected chi connectivity index (χ4v) is 4.46. The number of benzene rings is 3. The van der Waals surface area contributed by atoms with Gasteiger partial charge in [0.1, 0.15) is 0 Å². The highest BCUT2D eigenvalue weighted by molar-refractivity contribution is 7.99. The number of amides is 1. The maximum absolute atomic E-state index is 13.3. The molecule has 1 aliphatic heterocycles. The molecule has 1 fully saturated rings. The summed E-state index contributed by atoms with van der Waals surface area (Å²) in [7, 11) is 0. The molecule has 0 aliphatic carbocycles. The number of carbonyl (C=O) groups is 1. The Morgan fingerprint density at radius 3 is 2.56 bits per heavy atom. The summed E-state index contributed by atoms with van der Waals surface area (Å²) >= 11 is 1.05. The van der Waals surface area contributed by atoms with Crippen molar-refractivity contribution in [1.29, 1.82) is 0 Å². The molecule has 1 aromatic heterocycles. The summed E-state index contributed by atoms with van der Waals surface area (Å²) < 4.78 is 50.9. The highest BCUT2D eigenvalue weighted by atomic mass is 32.2.